The lowest BCUT2D eigenvalue weighted by Gasteiger charge is -2.22. The summed E-state index contributed by atoms with van der Waals surface area (Å²) in [6.45, 7) is 2.50. The summed E-state index contributed by atoms with van der Waals surface area (Å²) in [6.07, 6.45) is 0.0532. The third kappa shape index (κ3) is 4.24. The van der Waals surface area contributed by atoms with Gasteiger partial charge in [-0.2, -0.15) is 0 Å². The first-order valence-electron chi connectivity index (χ1n) is 9.42. The number of sulfonamides is 1. The molecule has 9 nitrogen and oxygen atoms in total. The van der Waals surface area contributed by atoms with Crippen molar-refractivity contribution in [1.29, 1.82) is 0 Å². The number of rotatable bonds is 5. The molecule has 1 fully saturated rings. The minimum atomic E-state index is -3.82. The van der Waals surface area contributed by atoms with Crippen molar-refractivity contribution in [3.63, 3.8) is 0 Å². The molecule has 1 atom stereocenters. The van der Waals surface area contributed by atoms with Gasteiger partial charge in [-0.25, -0.2) is 13.1 Å². The maximum Gasteiger partial charge on any atom is 0.240 e. The van der Waals surface area contributed by atoms with Crippen LogP contribution in [0, 0.1) is 0 Å². The highest BCUT2D eigenvalue weighted by atomic mass is 32.2. The molecule has 4 rings (SSSR count). The lowest BCUT2D eigenvalue weighted by molar-refractivity contribution is -0.117. The Bertz CT molecular complexity index is 1080. The van der Waals surface area contributed by atoms with Gasteiger partial charge in [0.2, 0.25) is 21.8 Å². The van der Waals surface area contributed by atoms with Crippen molar-refractivity contribution >= 4 is 33.2 Å². The Morgan fingerprint density at radius 2 is 1.77 bits per heavy atom. The molecule has 2 aliphatic rings. The standard InChI is InChI=1S/C20H21N3O6S/c1-13(24)21-14-2-5-17(6-3-14)30(26,27)22-15-10-20(25)23(12-15)16-4-7-18-19(11-16)29-9-8-28-18/h2-7,11,15,22H,8-10,12H2,1H3,(H,21,24)/t15-/m1/s1. The van der Waals surface area contributed by atoms with E-state index in [0.717, 1.165) is 0 Å². The molecule has 0 spiro atoms. The summed E-state index contributed by atoms with van der Waals surface area (Å²) >= 11 is 0. The zero-order valence-corrected chi connectivity index (χ0v) is 17.1. The molecule has 2 heterocycles. The van der Waals surface area contributed by atoms with Gasteiger partial charge >= 0.3 is 0 Å². The Morgan fingerprint density at radius 3 is 2.47 bits per heavy atom. The molecule has 2 aliphatic heterocycles. The number of carbonyl (C=O) groups excluding carboxylic acids is 2. The van der Waals surface area contributed by atoms with Gasteiger partial charge in [0, 0.05) is 43.4 Å². The molecule has 0 aliphatic carbocycles. The Hall–Kier alpha value is -3.11. The molecule has 0 radical (unpaired) electrons. The number of hydrogen-bond acceptors (Lipinski definition) is 6. The summed E-state index contributed by atoms with van der Waals surface area (Å²) in [5.41, 5.74) is 1.13. The smallest absolute Gasteiger partial charge is 0.240 e. The summed E-state index contributed by atoms with van der Waals surface area (Å²) in [5, 5.41) is 2.58. The van der Waals surface area contributed by atoms with E-state index in [1.165, 1.54) is 36.1 Å². The number of fused-ring (bicyclic) bond motifs is 1. The quantitative estimate of drug-likeness (QED) is 0.742. The second kappa shape index (κ2) is 7.96. The van der Waals surface area contributed by atoms with E-state index < -0.39 is 16.1 Å². The molecular formula is C20H21N3O6S. The van der Waals surface area contributed by atoms with Crippen molar-refractivity contribution in [2.45, 2.75) is 24.3 Å². The fraction of sp³-hybridized carbons (Fsp3) is 0.300. The first-order chi connectivity index (χ1) is 14.3. The minimum Gasteiger partial charge on any atom is -0.486 e. The Kier molecular flexibility index (Phi) is 5.35. The van der Waals surface area contributed by atoms with Gasteiger partial charge in [-0.05, 0) is 36.4 Å². The number of ether oxygens (including phenoxy) is 2. The third-order valence-corrected chi connectivity index (χ3v) is 6.31. The fourth-order valence-electron chi connectivity index (χ4n) is 3.44. The van der Waals surface area contributed by atoms with Gasteiger partial charge in [-0.1, -0.05) is 0 Å². The maximum absolute atomic E-state index is 12.7. The first-order valence-corrected chi connectivity index (χ1v) is 10.9. The molecule has 158 valence electrons. The van der Waals surface area contributed by atoms with Gasteiger partial charge in [0.1, 0.15) is 13.2 Å². The zero-order valence-electron chi connectivity index (χ0n) is 16.3. The second-order valence-corrected chi connectivity index (χ2v) is 8.77. The van der Waals surface area contributed by atoms with E-state index in [-0.39, 0.29) is 29.7 Å². The predicted octanol–water partition coefficient (Wildman–Crippen LogP) is 1.50. The van der Waals surface area contributed by atoms with E-state index >= 15 is 0 Å². The van der Waals surface area contributed by atoms with Crippen LogP contribution in [-0.2, 0) is 19.6 Å². The third-order valence-electron chi connectivity index (χ3n) is 4.77. The maximum atomic E-state index is 12.7. The van der Waals surface area contributed by atoms with Crippen LogP contribution >= 0.6 is 0 Å². The topological polar surface area (TPSA) is 114 Å². The number of hydrogen-bond donors (Lipinski definition) is 2. The Morgan fingerprint density at radius 1 is 1.07 bits per heavy atom. The van der Waals surface area contributed by atoms with Crippen LogP contribution in [-0.4, -0.2) is 46.0 Å². The number of benzene rings is 2. The summed E-state index contributed by atoms with van der Waals surface area (Å²) < 4.78 is 39.0. The SMILES string of the molecule is CC(=O)Nc1ccc(S(=O)(=O)N[C@@H]2CC(=O)N(c3ccc4c(c3)OCCO4)C2)cc1. The van der Waals surface area contributed by atoms with Crippen molar-refractivity contribution in [2.24, 2.45) is 0 Å². The lowest BCUT2D eigenvalue weighted by Crippen LogP contribution is -2.37. The van der Waals surface area contributed by atoms with E-state index in [0.29, 0.717) is 36.1 Å². The summed E-state index contributed by atoms with van der Waals surface area (Å²) in [7, 11) is -3.82. The first kappa shape index (κ1) is 20.2. The van der Waals surface area contributed by atoms with Crippen molar-refractivity contribution in [3.05, 3.63) is 42.5 Å². The molecule has 0 bridgehead atoms. The molecule has 0 saturated carbocycles. The average molecular weight is 431 g/mol. The normalized spacial score (nSPS) is 18.4. The predicted molar refractivity (Wildman–Crippen MR) is 109 cm³/mol. The van der Waals surface area contributed by atoms with Crippen LogP contribution in [0.4, 0.5) is 11.4 Å². The number of nitrogens with zero attached hydrogens (tertiary/aromatic N) is 1. The van der Waals surface area contributed by atoms with Crippen LogP contribution in [0.1, 0.15) is 13.3 Å². The molecule has 2 aromatic carbocycles. The minimum absolute atomic E-state index is 0.0532. The molecule has 2 amide bonds. The van der Waals surface area contributed by atoms with Crippen molar-refractivity contribution in [2.75, 3.05) is 30.0 Å². The summed E-state index contributed by atoms with van der Waals surface area (Å²) in [5.74, 6) is 0.763. The van der Waals surface area contributed by atoms with E-state index in [1.807, 2.05) is 0 Å². The Balaban J connectivity index is 1.45. The highest BCUT2D eigenvalue weighted by Gasteiger charge is 2.34. The summed E-state index contributed by atoms with van der Waals surface area (Å²) in [4.78, 5) is 25.2. The zero-order chi connectivity index (χ0) is 21.3. The highest BCUT2D eigenvalue weighted by molar-refractivity contribution is 7.89. The van der Waals surface area contributed by atoms with Crippen molar-refractivity contribution < 1.29 is 27.5 Å². The lowest BCUT2D eigenvalue weighted by atomic mass is 10.2. The van der Waals surface area contributed by atoms with Crippen molar-refractivity contribution in [3.8, 4) is 11.5 Å². The number of nitrogens with one attached hydrogen (secondary N) is 2. The van der Waals surface area contributed by atoms with Gasteiger partial charge < -0.3 is 19.7 Å². The van der Waals surface area contributed by atoms with Gasteiger partial charge in [-0.3, -0.25) is 9.59 Å². The van der Waals surface area contributed by atoms with Crippen LogP contribution in [0.2, 0.25) is 0 Å². The number of carbonyl (C=O) groups is 2. The summed E-state index contributed by atoms with van der Waals surface area (Å²) in [6, 6.07) is 10.5. The van der Waals surface area contributed by atoms with Crippen molar-refractivity contribution in [1.82, 2.24) is 4.72 Å². The number of anilines is 2. The monoisotopic (exact) mass is 431 g/mol. The van der Waals surface area contributed by atoms with E-state index in [9.17, 15) is 18.0 Å². The molecule has 2 N–H and O–H groups in total. The number of amides is 2. The molecule has 0 unspecified atom stereocenters. The van der Waals surface area contributed by atoms with Crippen LogP contribution < -0.4 is 24.4 Å². The fourth-order valence-corrected chi connectivity index (χ4v) is 4.67. The van der Waals surface area contributed by atoms with Gasteiger partial charge in [-0.15, -0.1) is 0 Å². The molecular weight excluding hydrogens is 410 g/mol. The second-order valence-electron chi connectivity index (χ2n) is 7.06. The Labute approximate surface area is 174 Å². The van der Waals surface area contributed by atoms with Crippen LogP contribution in [0.25, 0.3) is 0 Å². The van der Waals surface area contributed by atoms with Crippen LogP contribution in [0.15, 0.2) is 47.4 Å². The van der Waals surface area contributed by atoms with Gasteiger partial charge in [0.15, 0.2) is 11.5 Å². The average Bonchev–Trinajstić information content (AvgIpc) is 3.07. The van der Waals surface area contributed by atoms with E-state index in [4.69, 9.17) is 9.47 Å². The van der Waals surface area contributed by atoms with Gasteiger partial charge in [0.05, 0.1) is 4.90 Å². The largest absolute Gasteiger partial charge is 0.486 e. The molecule has 2 aromatic rings. The van der Waals surface area contributed by atoms with Crippen LogP contribution in [0.5, 0.6) is 11.5 Å². The van der Waals surface area contributed by atoms with E-state index in [1.54, 1.807) is 18.2 Å². The molecule has 30 heavy (non-hydrogen) atoms. The van der Waals surface area contributed by atoms with Crippen LogP contribution in [0.3, 0.4) is 0 Å². The molecule has 1 saturated heterocycles. The molecule has 0 aromatic heterocycles. The highest BCUT2D eigenvalue weighted by Crippen LogP contribution is 2.35. The molecule has 10 heteroatoms. The van der Waals surface area contributed by atoms with E-state index in [2.05, 4.69) is 10.0 Å². The van der Waals surface area contributed by atoms with Gasteiger partial charge in [0.25, 0.3) is 0 Å².